The number of benzene rings is 1. The minimum Gasteiger partial charge on any atom is -0.324 e. The summed E-state index contributed by atoms with van der Waals surface area (Å²) in [6.07, 6.45) is 0.974. The molecule has 0 aliphatic carbocycles. The highest BCUT2D eigenvalue weighted by molar-refractivity contribution is 7.07. The normalized spacial score (nSPS) is 12.9. The van der Waals surface area contributed by atoms with E-state index in [1.807, 2.05) is 18.2 Å². The molecule has 0 aliphatic rings. The molecule has 0 saturated carbocycles. The standard InChI is InChI=1S/C15H14Cl2N2S/c1-10(6-11-4-5-20-9-11)19-14-3-2-12(17)7-13(14)18-15(19)8-16/h2-5,7,9-10H,6,8H2,1H3. The molecule has 0 aliphatic heterocycles. The van der Waals surface area contributed by atoms with Crippen molar-refractivity contribution >= 4 is 45.6 Å². The molecular weight excluding hydrogens is 311 g/mol. The van der Waals surface area contributed by atoms with Crippen LogP contribution in [-0.2, 0) is 12.3 Å². The Bertz CT molecular complexity index is 719. The van der Waals surface area contributed by atoms with Crippen molar-refractivity contribution in [3.8, 4) is 0 Å². The highest BCUT2D eigenvalue weighted by Crippen LogP contribution is 2.27. The van der Waals surface area contributed by atoms with Crippen LogP contribution < -0.4 is 0 Å². The van der Waals surface area contributed by atoms with Crippen LogP contribution in [0.3, 0.4) is 0 Å². The summed E-state index contributed by atoms with van der Waals surface area (Å²) in [6, 6.07) is 8.28. The van der Waals surface area contributed by atoms with Gasteiger partial charge in [-0.3, -0.25) is 0 Å². The first kappa shape index (κ1) is 13.9. The molecule has 2 nitrogen and oxygen atoms in total. The Balaban J connectivity index is 2.04. The average molecular weight is 325 g/mol. The SMILES string of the molecule is CC(Cc1ccsc1)n1c(CCl)nc2cc(Cl)ccc21. The monoisotopic (exact) mass is 324 g/mol. The van der Waals surface area contributed by atoms with Gasteiger partial charge in [-0.2, -0.15) is 11.3 Å². The highest BCUT2D eigenvalue weighted by atomic mass is 35.5. The Morgan fingerprint density at radius 1 is 1.35 bits per heavy atom. The number of fused-ring (bicyclic) bond motifs is 1. The fourth-order valence-electron chi connectivity index (χ4n) is 2.55. The molecule has 0 fully saturated rings. The molecule has 2 aromatic heterocycles. The van der Waals surface area contributed by atoms with Crippen LogP contribution in [-0.4, -0.2) is 9.55 Å². The number of rotatable bonds is 4. The van der Waals surface area contributed by atoms with Crippen molar-refractivity contribution in [2.75, 3.05) is 0 Å². The van der Waals surface area contributed by atoms with E-state index < -0.39 is 0 Å². The first-order valence-corrected chi connectivity index (χ1v) is 8.28. The van der Waals surface area contributed by atoms with E-state index in [2.05, 4.69) is 33.3 Å². The third kappa shape index (κ3) is 2.58. The number of hydrogen-bond acceptors (Lipinski definition) is 2. The van der Waals surface area contributed by atoms with Crippen LogP contribution in [0.15, 0.2) is 35.0 Å². The summed E-state index contributed by atoms with van der Waals surface area (Å²) in [6.45, 7) is 2.20. The zero-order valence-corrected chi connectivity index (χ0v) is 13.3. The van der Waals surface area contributed by atoms with Crippen molar-refractivity contribution in [2.45, 2.75) is 25.3 Å². The molecule has 1 unspecified atom stereocenters. The summed E-state index contributed by atoms with van der Waals surface area (Å²) in [7, 11) is 0. The van der Waals surface area contributed by atoms with Gasteiger partial charge in [0.25, 0.3) is 0 Å². The van der Waals surface area contributed by atoms with Gasteiger partial charge in [-0.15, -0.1) is 11.6 Å². The molecular formula is C15H14Cl2N2S. The Morgan fingerprint density at radius 3 is 2.90 bits per heavy atom. The van der Waals surface area contributed by atoms with Gasteiger partial charge in [-0.1, -0.05) is 11.6 Å². The van der Waals surface area contributed by atoms with Crippen LogP contribution in [0.1, 0.15) is 24.4 Å². The van der Waals surface area contributed by atoms with Crippen LogP contribution in [0.5, 0.6) is 0 Å². The molecule has 0 spiro atoms. The van der Waals surface area contributed by atoms with E-state index in [0.717, 1.165) is 23.3 Å². The maximum Gasteiger partial charge on any atom is 0.125 e. The summed E-state index contributed by atoms with van der Waals surface area (Å²) in [4.78, 5) is 4.59. The smallest absolute Gasteiger partial charge is 0.125 e. The van der Waals surface area contributed by atoms with E-state index in [9.17, 15) is 0 Å². The molecule has 0 bridgehead atoms. The second-order valence-electron chi connectivity index (χ2n) is 4.85. The lowest BCUT2D eigenvalue weighted by atomic mass is 10.1. The first-order chi connectivity index (χ1) is 9.69. The van der Waals surface area contributed by atoms with Crippen molar-refractivity contribution in [3.63, 3.8) is 0 Å². The lowest BCUT2D eigenvalue weighted by Crippen LogP contribution is -2.10. The quantitative estimate of drug-likeness (QED) is 0.596. The Hall–Kier alpha value is -1.03. The molecule has 0 radical (unpaired) electrons. The topological polar surface area (TPSA) is 17.8 Å². The van der Waals surface area contributed by atoms with Crippen LogP contribution in [0.2, 0.25) is 5.02 Å². The molecule has 0 N–H and O–H groups in total. The fourth-order valence-corrected chi connectivity index (χ4v) is 3.59. The number of nitrogens with zero attached hydrogens (tertiary/aromatic N) is 2. The number of hydrogen-bond donors (Lipinski definition) is 0. The number of imidazole rings is 1. The maximum atomic E-state index is 6.06. The Morgan fingerprint density at radius 2 is 2.20 bits per heavy atom. The summed E-state index contributed by atoms with van der Waals surface area (Å²) < 4.78 is 2.22. The van der Waals surface area contributed by atoms with Crippen molar-refractivity contribution in [2.24, 2.45) is 0 Å². The number of aromatic nitrogens is 2. The van der Waals surface area contributed by atoms with Crippen molar-refractivity contribution < 1.29 is 0 Å². The summed E-state index contributed by atoms with van der Waals surface area (Å²) in [5, 5.41) is 5.00. The van der Waals surface area contributed by atoms with E-state index in [4.69, 9.17) is 23.2 Å². The van der Waals surface area contributed by atoms with Crippen LogP contribution in [0, 0.1) is 0 Å². The van der Waals surface area contributed by atoms with E-state index in [1.54, 1.807) is 11.3 Å². The van der Waals surface area contributed by atoms with Gasteiger partial charge in [0.05, 0.1) is 16.9 Å². The zero-order valence-electron chi connectivity index (χ0n) is 11.0. The minimum absolute atomic E-state index is 0.310. The second-order valence-corrected chi connectivity index (χ2v) is 6.33. The minimum atomic E-state index is 0.310. The molecule has 104 valence electrons. The molecule has 5 heteroatoms. The summed E-state index contributed by atoms with van der Waals surface area (Å²) in [5.41, 5.74) is 3.34. The van der Waals surface area contributed by atoms with Crippen molar-refractivity contribution in [1.82, 2.24) is 9.55 Å². The zero-order chi connectivity index (χ0) is 14.1. The van der Waals surface area contributed by atoms with E-state index in [1.165, 1.54) is 5.56 Å². The predicted molar refractivity (Wildman–Crippen MR) is 87.0 cm³/mol. The predicted octanol–water partition coefficient (Wildman–Crippen LogP) is 5.29. The van der Waals surface area contributed by atoms with Crippen molar-refractivity contribution in [3.05, 3.63) is 51.4 Å². The highest BCUT2D eigenvalue weighted by Gasteiger charge is 2.16. The second kappa shape index (κ2) is 5.76. The lowest BCUT2D eigenvalue weighted by molar-refractivity contribution is 0.544. The van der Waals surface area contributed by atoms with E-state index in [0.29, 0.717) is 16.9 Å². The van der Waals surface area contributed by atoms with Crippen molar-refractivity contribution in [1.29, 1.82) is 0 Å². The lowest BCUT2D eigenvalue weighted by Gasteiger charge is -2.16. The molecule has 20 heavy (non-hydrogen) atoms. The van der Waals surface area contributed by atoms with Gasteiger partial charge in [0.2, 0.25) is 0 Å². The van der Waals surface area contributed by atoms with Gasteiger partial charge in [-0.25, -0.2) is 4.98 Å². The van der Waals surface area contributed by atoms with Crippen LogP contribution in [0.25, 0.3) is 11.0 Å². The van der Waals surface area contributed by atoms with Gasteiger partial charge in [0.1, 0.15) is 5.82 Å². The van der Waals surface area contributed by atoms with Gasteiger partial charge < -0.3 is 4.57 Å². The number of alkyl halides is 1. The third-order valence-corrected chi connectivity index (χ3v) is 4.60. The van der Waals surface area contributed by atoms with Gasteiger partial charge >= 0.3 is 0 Å². The molecule has 3 rings (SSSR count). The van der Waals surface area contributed by atoms with E-state index >= 15 is 0 Å². The third-order valence-electron chi connectivity index (χ3n) is 3.40. The molecule has 1 atom stereocenters. The molecule has 1 aromatic carbocycles. The average Bonchev–Trinajstić information content (AvgIpc) is 3.04. The fraction of sp³-hybridized carbons (Fsp3) is 0.267. The summed E-state index contributed by atoms with van der Waals surface area (Å²) in [5.74, 6) is 1.30. The Kier molecular flexibility index (Phi) is 4.01. The van der Waals surface area contributed by atoms with Gasteiger partial charge in [0.15, 0.2) is 0 Å². The maximum absolute atomic E-state index is 6.06. The number of thiophene rings is 1. The number of halogens is 2. The summed E-state index contributed by atoms with van der Waals surface area (Å²) >= 11 is 13.8. The molecule has 0 saturated heterocycles. The van der Waals surface area contributed by atoms with Crippen LogP contribution in [0.4, 0.5) is 0 Å². The Labute approximate surface area is 132 Å². The first-order valence-electron chi connectivity index (χ1n) is 6.42. The molecule has 0 amide bonds. The van der Waals surface area contributed by atoms with Crippen LogP contribution >= 0.6 is 34.5 Å². The van der Waals surface area contributed by atoms with E-state index in [-0.39, 0.29) is 0 Å². The van der Waals surface area contributed by atoms with Gasteiger partial charge in [0, 0.05) is 11.1 Å². The molecule has 2 heterocycles. The van der Waals surface area contributed by atoms with Gasteiger partial charge in [-0.05, 0) is 53.9 Å². The molecule has 3 aromatic rings. The largest absolute Gasteiger partial charge is 0.324 e.